The van der Waals surface area contributed by atoms with Gasteiger partial charge in [0.1, 0.15) is 5.76 Å². The van der Waals surface area contributed by atoms with E-state index in [1.54, 1.807) is 14.2 Å². The Kier molecular flexibility index (Phi) is 5.21. The van der Waals surface area contributed by atoms with E-state index in [0.29, 0.717) is 24.3 Å². The van der Waals surface area contributed by atoms with E-state index in [2.05, 4.69) is 37.3 Å². The second kappa shape index (κ2) is 6.91. The molecule has 110 valence electrons. The summed E-state index contributed by atoms with van der Waals surface area (Å²) in [6, 6.07) is 0. The topological polar surface area (TPSA) is 44.5 Å². The Bertz CT molecular complexity index is 460. The van der Waals surface area contributed by atoms with Gasteiger partial charge >= 0.3 is 0 Å². The predicted molar refractivity (Wildman–Crippen MR) is 82.1 cm³/mol. The molecule has 1 unspecified atom stereocenters. The minimum atomic E-state index is 0.395. The van der Waals surface area contributed by atoms with E-state index in [1.165, 1.54) is 11.1 Å². The van der Waals surface area contributed by atoms with Gasteiger partial charge < -0.3 is 15.2 Å². The maximum Gasteiger partial charge on any atom is 0.107 e. The molecule has 0 saturated carbocycles. The molecule has 0 amide bonds. The number of ether oxygens (including phenoxy) is 2. The second-order valence-electron chi connectivity index (χ2n) is 5.52. The van der Waals surface area contributed by atoms with Crippen molar-refractivity contribution in [2.24, 2.45) is 23.5 Å². The maximum atomic E-state index is 5.95. The molecule has 0 fully saturated rings. The average Bonchev–Trinajstić information content (AvgIpc) is 3.23. The highest BCUT2D eigenvalue weighted by Gasteiger charge is 2.36. The highest BCUT2D eigenvalue weighted by atomic mass is 16.5. The van der Waals surface area contributed by atoms with Crippen LogP contribution in [0.5, 0.6) is 0 Å². The summed E-state index contributed by atoms with van der Waals surface area (Å²) in [6.07, 6.45) is 11.9. The number of fused-ring (bicyclic) bond motifs is 1. The van der Waals surface area contributed by atoms with Crippen LogP contribution in [0.1, 0.15) is 13.3 Å². The lowest BCUT2D eigenvalue weighted by Gasteiger charge is -2.20. The summed E-state index contributed by atoms with van der Waals surface area (Å²) in [5.74, 6) is 2.30. The molecule has 0 radical (unpaired) electrons. The van der Waals surface area contributed by atoms with Gasteiger partial charge in [0, 0.05) is 7.11 Å². The molecule has 0 bridgehead atoms. The summed E-state index contributed by atoms with van der Waals surface area (Å²) >= 11 is 0. The lowest BCUT2D eigenvalue weighted by atomic mass is 9.88. The number of allylic oxidation sites excluding steroid dienone is 4. The summed E-state index contributed by atoms with van der Waals surface area (Å²) in [4.78, 5) is 0. The largest absolute Gasteiger partial charge is 0.500 e. The van der Waals surface area contributed by atoms with E-state index in [4.69, 9.17) is 15.2 Å². The van der Waals surface area contributed by atoms with Gasteiger partial charge in [0.2, 0.25) is 0 Å². The van der Waals surface area contributed by atoms with Crippen LogP contribution < -0.4 is 5.73 Å². The molecule has 2 N–H and O–H groups in total. The van der Waals surface area contributed by atoms with Crippen LogP contribution in [0.2, 0.25) is 0 Å². The van der Waals surface area contributed by atoms with Crippen molar-refractivity contribution >= 4 is 0 Å². The maximum absolute atomic E-state index is 5.95. The molecule has 2 rings (SSSR count). The molecule has 0 aromatic heterocycles. The fourth-order valence-electron chi connectivity index (χ4n) is 2.72. The monoisotopic (exact) mass is 275 g/mol. The van der Waals surface area contributed by atoms with Crippen LogP contribution in [0.4, 0.5) is 0 Å². The first-order valence-electron chi connectivity index (χ1n) is 7.24. The van der Waals surface area contributed by atoms with Crippen molar-refractivity contribution < 1.29 is 9.47 Å². The second-order valence-corrected chi connectivity index (χ2v) is 5.52. The molecule has 0 aromatic rings. The van der Waals surface area contributed by atoms with E-state index in [0.717, 1.165) is 18.8 Å². The minimum absolute atomic E-state index is 0.395. The molecule has 0 heterocycles. The van der Waals surface area contributed by atoms with Gasteiger partial charge in [-0.15, -0.1) is 0 Å². The highest BCUT2D eigenvalue weighted by Crippen LogP contribution is 2.46. The van der Waals surface area contributed by atoms with Gasteiger partial charge in [0.15, 0.2) is 0 Å². The Morgan fingerprint density at radius 3 is 2.80 bits per heavy atom. The van der Waals surface area contributed by atoms with Crippen LogP contribution in [-0.2, 0) is 9.47 Å². The number of hydrogen-bond acceptors (Lipinski definition) is 3. The van der Waals surface area contributed by atoms with Gasteiger partial charge in [-0.2, -0.15) is 0 Å². The Morgan fingerprint density at radius 1 is 1.35 bits per heavy atom. The van der Waals surface area contributed by atoms with E-state index in [-0.39, 0.29) is 0 Å². The van der Waals surface area contributed by atoms with Gasteiger partial charge in [-0.1, -0.05) is 31.2 Å². The van der Waals surface area contributed by atoms with Crippen molar-refractivity contribution in [3.05, 3.63) is 47.3 Å². The Hall–Kier alpha value is -1.32. The minimum Gasteiger partial charge on any atom is -0.500 e. The third-order valence-corrected chi connectivity index (χ3v) is 3.91. The summed E-state index contributed by atoms with van der Waals surface area (Å²) in [5, 5.41) is 0. The summed E-state index contributed by atoms with van der Waals surface area (Å²) < 4.78 is 10.5. The van der Waals surface area contributed by atoms with Crippen molar-refractivity contribution in [3.8, 4) is 0 Å². The molecule has 0 aliphatic heterocycles. The summed E-state index contributed by atoms with van der Waals surface area (Å²) in [6.45, 7) is 3.60. The molecule has 20 heavy (non-hydrogen) atoms. The zero-order valence-electron chi connectivity index (χ0n) is 12.6. The molecule has 3 nitrogen and oxygen atoms in total. The van der Waals surface area contributed by atoms with Crippen molar-refractivity contribution in [1.29, 1.82) is 0 Å². The van der Waals surface area contributed by atoms with E-state index >= 15 is 0 Å². The van der Waals surface area contributed by atoms with E-state index in [9.17, 15) is 0 Å². The smallest absolute Gasteiger partial charge is 0.107 e. The summed E-state index contributed by atoms with van der Waals surface area (Å²) in [5.41, 5.74) is 8.73. The number of methoxy groups -OCH3 is 2. The van der Waals surface area contributed by atoms with Crippen LogP contribution >= 0.6 is 0 Å². The molecule has 2 aliphatic carbocycles. The number of hydrogen-bond donors (Lipinski definition) is 1. The van der Waals surface area contributed by atoms with Gasteiger partial charge in [-0.3, -0.25) is 0 Å². The third kappa shape index (κ3) is 3.41. The van der Waals surface area contributed by atoms with Crippen LogP contribution in [0.15, 0.2) is 47.3 Å². The molecule has 0 spiro atoms. The third-order valence-electron chi connectivity index (χ3n) is 3.91. The zero-order valence-corrected chi connectivity index (χ0v) is 12.6. The number of nitrogens with two attached hydrogens (primary N) is 1. The van der Waals surface area contributed by atoms with Crippen molar-refractivity contribution in [2.75, 3.05) is 27.4 Å². The van der Waals surface area contributed by atoms with Crippen LogP contribution in [0.3, 0.4) is 0 Å². The van der Waals surface area contributed by atoms with Crippen molar-refractivity contribution in [1.82, 2.24) is 0 Å². The van der Waals surface area contributed by atoms with Crippen LogP contribution in [-0.4, -0.2) is 27.4 Å². The van der Waals surface area contributed by atoms with Crippen LogP contribution in [0.25, 0.3) is 0 Å². The van der Waals surface area contributed by atoms with Gasteiger partial charge in [-0.25, -0.2) is 0 Å². The molecular formula is C17H25NO2. The SMILES string of the molecule is COC[C@H](C)/C=C/C[C@@H](CN)C1=CC=C(OC)C2C=C12. The molecule has 3 atom stereocenters. The first-order chi connectivity index (χ1) is 9.71. The Morgan fingerprint density at radius 2 is 2.15 bits per heavy atom. The van der Waals surface area contributed by atoms with E-state index < -0.39 is 0 Å². The first kappa shape index (κ1) is 15.1. The van der Waals surface area contributed by atoms with Crippen molar-refractivity contribution in [2.45, 2.75) is 13.3 Å². The molecule has 0 saturated heterocycles. The number of rotatable bonds is 8. The Balaban J connectivity index is 1.95. The molecule has 2 aliphatic rings. The highest BCUT2D eigenvalue weighted by molar-refractivity contribution is 5.57. The quantitative estimate of drug-likeness (QED) is 0.693. The molecule has 3 heteroatoms. The first-order valence-corrected chi connectivity index (χ1v) is 7.24. The fourth-order valence-corrected chi connectivity index (χ4v) is 2.72. The van der Waals surface area contributed by atoms with Crippen molar-refractivity contribution in [3.63, 3.8) is 0 Å². The van der Waals surface area contributed by atoms with Gasteiger partial charge in [-0.05, 0) is 42.0 Å². The zero-order chi connectivity index (χ0) is 14.5. The summed E-state index contributed by atoms with van der Waals surface area (Å²) in [7, 11) is 3.47. The molecule has 0 aromatic carbocycles. The normalized spacial score (nSPS) is 23.6. The lowest BCUT2D eigenvalue weighted by Crippen LogP contribution is -2.18. The van der Waals surface area contributed by atoms with E-state index in [1.807, 2.05) is 0 Å². The van der Waals surface area contributed by atoms with Crippen LogP contribution in [0, 0.1) is 17.8 Å². The van der Waals surface area contributed by atoms with Gasteiger partial charge in [0.05, 0.1) is 19.6 Å². The van der Waals surface area contributed by atoms with Gasteiger partial charge in [0.25, 0.3) is 0 Å². The predicted octanol–water partition coefficient (Wildman–Crippen LogP) is 2.82. The molecular weight excluding hydrogens is 250 g/mol. The standard InChI is InChI=1S/C17H25NO2/c1-12(11-19-2)5-4-6-13(10-18)14-7-8-17(20-3)16-9-15(14)16/h4-5,7-9,12-13,16H,6,10-11,18H2,1-3H3/b5-4+/t12-,13+,16?/m1/s1. The Labute approximate surface area is 121 Å². The average molecular weight is 275 g/mol. The lowest BCUT2D eigenvalue weighted by molar-refractivity contribution is 0.176. The fraction of sp³-hybridized carbons (Fsp3) is 0.529.